The number of hydrogen-bond donors (Lipinski definition) is 0. The van der Waals surface area contributed by atoms with Gasteiger partial charge in [0.05, 0.1) is 11.1 Å². The number of carbonyl (C=O) groups is 1. The SMILES string of the molecule is CC(C(=O)c1ccc(Cl)cc1Cl)N1CC2CCC1C2. The normalized spacial score (nSPS) is 27.7. The van der Waals surface area contributed by atoms with Gasteiger partial charge in [-0.2, -0.15) is 0 Å². The highest BCUT2D eigenvalue weighted by molar-refractivity contribution is 6.37. The summed E-state index contributed by atoms with van der Waals surface area (Å²) in [5.74, 6) is 0.898. The van der Waals surface area contributed by atoms with Crippen LogP contribution >= 0.6 is 23.2 Å². The molecule has 2 fully saturated rings. The van der Waals surface area contributed by atoms with E-state index in [-0.39, 0.29) is 11.8 Å². The molecular weight excluding hydrogens is 281 g/mol. The van der Waals surface area contributed by atoms with Crippen molar-refractivity contribution in [1.29, 1.82) is 0 Å². The van der Waals surface area contributed by atoms with Crippen molar-refractivity contribution < 1.29 is 4.79 Å². The molecule has 1 aromatic rings. The van der Waals surface area contributed by atoms with Gasteiger partial charge in [0.25, 0.3) is 0 Å². The van der Waals surface area contributed by atoms with Crippen LogP contribution < -0.4 is 0 Å². The summed E-state index contributed by atoms with van der Waals surface area (Å²) in [5, 5.41) is 1.02. The van der Waals surface area contributed by atoms with Crippen molar-refractivity contribution in [3.05, 3.63) is 33.8 Å². The molecule has 1 saturated heterocycles. The summed E-state index contributed by atoms with van der Waals surface area (Å²) in [6.07, 6.45) is 3.81. The lowest BCUT2D eigenvalue weighted by atomic mass is 10.0. The molecule has 2 bridgehead atoms. The molecule has 1 heterocycles. The lowest BCUT2D eigenvalue weighted by Gasteiger charge is -2.31. The topological polar surface area (TPSA) is 20.3 Å². The predicted molar refractivity (Wildman–Crippen MR) is 78.1 cm³/mol. The number of carbonyl (C=O) groups excluding carboxylic acids is 1. The molecule has 2 aliphatic rings. The first-order valence-electron chi connectivity index (χ1n) is 6.81. The van der Waals surface area contributed by atoms with Gasteiger partial charge in [0.15, 0.2) is 5.78 Å². The molecule has 0 amide bonds. The van der Waals surface area contributed by atoms with Crippen LogP contribution in [0.1, 0.15) is 36.5 Å². The predicted octanol–water partition coefficient (Wildman–Crippen LogP) is 4.05. The average molecular weight is 298 g/mol. The Balaban J connectivity index is 1.80. The Morgan fingerprint density at radius 1 is 1.37 bits per heavy atom. The van der Waals surface area contributed by atoms with E-state index < -0.39 is 0 Å². The van der Waals surface area contributed by atoms with Crippen molar-refractivity contribution in [3.8, 4) is 0 Å². The lowest BCUT2D eigenvalue weighted by Crippen LogP contribution is -2.43. The van der Waals surface area contributed by atoms with Crippen molar-refractivity contribution in [3.63, 3.8) is 0 Å². The van der Waals surface area contributed by atoms with E-state index in [1.807, 2.05) is 6.92 Å². The van der Waals surface area contributed by atoms with Gasteiger partial charge >= 0.3 is 0 Å². The molecule has 0 N–H and O–H groups in total. The first kappa shape index (κ1) is 13.4. The van der Waals surface area contributed by atoms with E-state index in [1.165, 1.54) is 19.3 Å². The molecule has 19 heavy (non-hydrogen) atoms. The minimum atomic E-state index is -0.0889. The number of benzene rings is 1. The fourth-order valence-corrected chi connectivity index (χ4v) is 4.00. The van der Waals surface area contributed by atoms with Crippen molar-refractivity contribution in [2.45, 2.75) is 38.3 Å². The van der Waals surface area contributed by atoms with Crippen LogP contribution in [0.4, 0.5) is 0 Å². The first-order valence-corrected chi connectivity index (χ1v) is 7.57. The van der Waals surface area contributed by atoms with Gasteiger partial charge in [-0.1, -0.05) is 23.2 Å². The summed E-state index contributed by atoms with van der Waals surface area (Å²) in [5.41, 5.74) is 0.585. The van der Waals surface area contributed by atoms with Gasteiger partial charge in [-0.05, 0) is 50.3 Å². The second kappa shape index (κ2) is 5.08. The molecule has 3 atom stereocenters. The molecule has 1 aliphatic carbocycles. The molecule has 2 nitrogen and oxygen atoms in total. The molecule has 4 heteroatoms. The first-order chi connectivity index (χ1) is 9.06. The summed E-state index contributed by atoms with van der Waals surface area (Å²) in [4.78, 5) is 14.9. The van der Waals surface area contributed by atoms with Crippen LogP contribution in [0.3, 0.4) is 0 Å². The van der Waals surface area contributed by atoms with Crippen molar-refractivity contribution >= 4 is 29.0 Å². The zero-order valence-electron chi connectivity index (χ0n) is 10.9. The van der Waals surface area contributed by atoms with Gasteiger partial charge in [0.1, 0.15) is 0 Å². The summed E-state index contributed by atoms with van der Waals surface area (Å²) in [6, 6.07) is 5.60. The maximum atomic E-state index is 12.6. The van der Waals surface area contributed by atoms with Crippen LogP contribution in [0.15, 0.2) is 18.2 Å². The monoisotopic (exact) mass is 297 g/mol. The summed E-state index contributed by atoms with van der Waals surface area (Å²) >= 11 is 12.0. The number of rotatable bonds is 3. The van der Waals surface area contributed by atoms with Crippen LogP contribution in [0, 0.1) is 5.92 Å². The third-order valence-corrected chi connectivity index (χ3v) is 5.07. The largest absolute Gasteiger partial charge is 0.292 e. The standard InChI is InChI=1S/C15H17Cl2NO/c1-9(18-8-10-2-4-12(18)6-10)15(19)13-5-3-11(16)7-14(13)17/h3,5,7,9-10,12H,2,4,6,8H2,1H3. The molecule has 1 aliphatic heterocycles. The average Bonchev–Trinajstić information content (AvgIpc) is 2.99. The van der Waals surface area contributed by atoms with Gasteiger partial charge < -0.3 is 0 Å². The maximum absolute atomic E-state index is 12.6. The second-order valence-electron chi connectivity index (χ2n) is 5.69. The highest BCUT2D eigenvalue weighted by Gasteiger charge is 2.41. The van der Waals surface area contributed by atoms with Crippen molar-refractivity contribution in [2.75, 3.05) is 6.54 Å². The molecule has 0 radical (unpaired) electrons. The van der Waals surface area contributed by atoms with Gasteiger partial charge in [-0.25, -0.2) is 0 Å². The summed E-state index contributed by atoms with van der Waals surface area (Å²) in [7, 11) is 0. The highest BCUT2D eigenvalue weighted by atomic mass is 35.5. The zero-order valence-corrected chi connectivity index (χ0v) is 12.4. The number of halogens is 2. The van der Waals surface area contributed by atoms with Gasteiger partial charge in [-0.15, -0.1) is 0 Å². The van der Waals surface area contributed by atoms with Gasteiger partial charge in [0.2, 0.25) is 0 Å². The molecule has 3 unspecified atom stereocenters. The molecule has 3 rings (SSSR count). The summed E-state index contributed by atoms with van der Waals surface area (Å²) < 4.78 is 0. The Kier molecular flexibility index (Phi) is 3.59. The minimum absolute atomic E-state index is 0.0889. The molecular formula is C15H17Cl2NO. The Hall–Kier alpha value is -0.570. The maximum Gasteiger partial charge on any atom is 0.181 e. The zero-order chi connectivity index (χ0) is 13.6. The van der Waals surface area contributed by atoms with Crippen LogP contribution in [0.25, 0.3) is 0 Å². The number of fused-ring (bicyclic) bond motifs is 2. The van der Waals surface area contributed by atoms with E-state index in [4.69, 9.17) is 23.2 Å². The van der Waals surface area contributed by atoms with E-state index in [1.54, 1.807) is 18.2 Å². The number of nitrogens with zero attached hydrogens (tertiary/aromatic N) is 1. The minimum Gasteiger partial charge on any atom is -0.292 e. The Morgan fingerprint density at radius 2 is 2.16 bits per heavy atom. The molecule has 1 saturated carbocycles. The van der Waals surface area contributed by atoms with Crippen LogP contribution in [0.5, 0.6) is 0 Å². The number of likely N-dealkylation sites (tertiary alicyclic amines) is 1. The number of Topliss-reactive ketones (excluding diaryl/α,β-unsaturated/α-hetero) is 1. The lowest BCUT2D eigenvalue weighted by molar-refractivity contribution is 0.0787. The van der Waals surface area contributed by atoms with Crippen LogP contribution in [-0.2, 0) is 0 Å². The third-order valence-electron chi connectivity index (χ3n) is 4.53. The van der Waals surface area contributed by atoms with E-state index in [0.29, 0.717) is 21.7 Å². The number of piperidine rings is 1. The molecule has 102 valence electrons. The van der Waals surface area contributed by atoms with E-state index >= 15 is 0 Å². The molecule has 0 spiro atoms. The van der Waals surface area contributed by atoms with Crippen molar-refractivity contribution in [1.82, 2.24) is 4.90 Å². The summed E-state index contributed by atoms with van der Waals surface area (Å²) in [6.45, 7) is 3.05. The molecule has 1 aromatic carbocycles. The smallest absolute Gasteiger partial charge is 0.181 e. The quantitative estimate of drug-likeness (QED) is 0.785. The molecule has 0 aromatic heterocycles. The van der Waals surface area contributed by atoms with Gasteiger partial charge in [-0.3, -0.25) is 9.69 Å². The highest BCUT2D eigenvalue weighted by Crippen LogP contribution is 2.39. The van der Waals surface area contributed by atoms with E-state index in [9.17, 15) is 4.79 Å². The van der Waals surface area contributed by atoms with Crippen molar-refractivity contribution in [2.24, 2.45) is 5.92 Å². The van der Waals surface area contributed by atoms with E-state index in [2.05, 4.69) is 4.90 Å². The van der Waals surface area contributed by atoms with Gasteiger partial charge in [0, 0.05) is 23.2 Å². The third kappa shape index (κ3) is 2.42. The Morgan fingerprint density at radius 3 is 2.74 bits per heavy atom. The number of hydrogen-bond acceptors (Lipinski definition) is 2. The fourth-order valence-electron chi connectivity index (χ4n) is 3.50. The second-order valence-corrected chi connectivity index (χ2v) is 6.54. The Bertz CT molecular complexity index is 517. The van der Waals surface area contributed by atoms with E-state index in [0.717, 1.165) is 12.5 Å². The van der Waals surface area contributed by atoms with Crippen LogP contribution in [0.2, 0.25) is 10.0 Å². The fraction of sp³-hybridized carbons (Fsp3) is 0.533. The van der Waals surface area contributed by atoms with Crippen LogP contribution in [-0.4, -0.2) is 29.3 Å². The number of ketones is 1. The Labute approximate surface area is 123 Å².